The minimum absolute atomic E-state index is 0.243. The summed E-state index contributed by atoms with van der Waals surface area (Å²) < 4.78 is 17.2. The van der Waals surface area contributed by atoms with Crippen LogP contribution in [0.5, 0.6) is 11.5 Å². The number of aromatic nitrogens is 1. The van der Waals surface area contributed by atoms with E-state index < -0.39 is 0 Å². The molecule has 0 saturated carbocycles. The van der Waals surface area contributed by atoms with Gasteiger partial charge in [0.1, 0.15) is 39.0 Å². The van der Waals surface area contributed by atoms with E-state index in [-0.39, 0.29) is 5.91 Å². The van der Waals surface area contributed by atoms with E-state index in [9.17, 15) is 4.79 Å². The Morgan fingerprint density at radius 1 is 1.03 bits per heavy atom. The average Bonchev–Trinajstić information content (AvgIpc) is 3.56. The van der Waals surface area contributed by atoms with Gasteiger partial charge in [0.25, 0.3) is 5.91 Å². The number of anilines is 1. The maximum Gasteiger partial charge on any atom is 0.284 e. The van der Waals surface area contributed by atoms with E-state index in [1.54, 1.807) is 37.5 Å². The van der Waals surface area contributed by atoms with E-state index in [0.717, 1.165) is 16.0 Å². The first-order valence-corrected chi connectivity index (χ1v) is 10.7. The number of hydrogen-bond acceptors (Lipinski definition) is 7. The Balaban J connectivity index is 1.62. The number of fused-ring (bicyclic) bond motifs is 1. The lowest BCUT2D eigenvalue weighted by Gasteiger charge is -2.14. The van der Waals surface area contributed by atoms with E-state index >= 15 is 0 Å². The molecule has 2 aromatic carbocycles. The third-order valence-corrected chi connectivity index (χ3v) is 6.11. The molecule has 1 aliphatic rings. The monoisotopic (exact) mass is 445 g/mol. The minimum atomic E-state index is -0.243. The number of aliphatic imine (C=N–C) groups is 1. The number of furan rings is 1. The first-order chi connectivity index (χ1) is 15.7. The summed E-state index contributed by atoms with van der Waals surface area (Å²) in [5.74, 6) is 2.32. The number of carbonyl (C=O) groups excluding carboxylic acids is 1. The van der Waals surface area contributed by atoms with E-state index in [1.165, 1.54) is 11.3 Å². The number of benzene rings is 2. The lowest BCUT2D eigenvalue weighted by Crippen LogP contribution is -2.32. The van der Waals surface area contributed by atoms with Crippen molar-refractivity contribution < 1.29 is 18.7 Å². The van der Waals surface area contributed by atoms with E-state index in [1.807, 2.05) is 48.5 Å². The third-order valence-electron chi connectivity index (χ3n) is 5.06. The van der Waals surface area contributed by atoms with Crippen molar-refractivity contribution in [2.24, 2.45) is 4.99 Å². The van der Waals surface area contributed by atoms with E-state index in [2.05, 4.69) is 4.99 Å². The molecule has 0 fully saturated rings. The predicted molar refractivity (Wildman–Crippen MR) is 124 cm³/mol. The van der Waals surface area contributed by atoms with Crippen molar-refractivity contribution in [1.82, 2.24) is 4.98 Å². The third kappa shape index (κ3) is 3.44. The molecule has 8 heteroatoms. The number of carbonyl (C=O) groups is 1. The lowest BCUT2D eigenvalue weighted by molar-refractivity contribution is -0.113. The fraction of sp³-hybridized carbons (Fsp3) is 0.125. The van der Waals surface area contributed by atoms with Crippen LogP contribution in [-0.2, 0) is 11.2 Å². The molecule has 0 atom stereocenters. The number of rotatable bonds is 6. The zero-order valence-electron chi connectivity index (χ0n) is 17.4. The summed E-state index contributed by atoms with van der Waals surface area (Å²) in [7, 11) is 3.20. The van der Waals surface area contributed by atoms with Gasteiger partial charge in [0.2, 0.25) is 0 Å². The molecular formula is C24H19N3O4S. The highest BCUT2D eigenvalue weighted by Gasteiger charge is 2.35. The largest absolute Gasteiger partial charge is 0.495 e. The van der Waals surface area contributed by atoms with Gasteiger partial charge in [0.05, 0.1) is 20.5 Å². The number of amides is 1. The molecular weight excluding hydrogens is 426 g/mol. The topological polar surface area (TPSA) is 77.2 Å². The fourth-order valence-corrected chi connectivity index (χ4v) is 4.58. The molecule has 7 nitrogen and oxygen atoms in total. The second-order valence-electron chi connectivity index (χ2n) is 6.96. The Labute approximate surface area is 188 Å². The molecule has 1 amide bonds. The smallest absolute Gasteiger partial charge is 0.284 e. The van der Waals surface area contributed by atoms with Crippen molar-refractivity contribution in [3.05, 3.63) is 84.0 Å². The van der Waals surface area contributed by atoms with Gasteiger partial charge in [0.15, 0.2) is 5.13 Å². The second-order valence-corrected chi connectivity index (χ2v) is 7.94. The number of amidine groups is 1. The van der Waals surface area contributed by atoms with Gasteiger partial charge in [-0.1, -0.05) is 41.7 Å². The summed E-state index contributed by atoms with van der Waals surface area (Å²) in [5.41, 5.74) is 1.80. The summed E-state index contributed by atoms with van der Waals surface area (Å²) >= 11 is 1.36. The highest BCUT2D eigenvalue weighted by molar-refractivity contribution is 7.23. The lowest BCUT2D eigenvalue weighted by atomic mass is 10.2. The normalized spacial score (nSPS) is 14.9. The molecule has 0 unspecified atom stereocenters. The van der Waals surface area contributed by atoms with Crippen LogP contribution in [0.3, 0.4) is 0 Å². The SMILES string of the molecule is COc1ccc(OC)c2sc(N3C(=O)/C(=C/Cc4ccco4)N=C3c3ccccc3)nc12. The summed E-state index contributed by atoms with van der Waals surface area (Å²) in [6.45, 7) is 0. The minimum Gasteiger partial charge on any atom is -0.495 e. The average molecular weight is 446 g/mol. The maximum absolute atomic E-state index is 13.5. The van der Waals surface area contributed by atoms with Crippen LogP contribution in [0.1, 0.15) is 11.3 Å². The van der Waals surface area contributed by atoms with Crippen molar-refractivity contribution in [2.75, 3.05) is 19.1 Å². The van der Waals surface area contributed by atoms with Gasteiger partial charge in [-0.3, -0.25) is 4.79 Å². The highest BCUT2D eigenvalue weighted by Crippen LogP contribution is 2.41. The Hall–Kier alpha value is -3.91. The quantitative estimate of drug-likeness (QED) is 0.398. The number of thiazole rings is 1. The molecule has 0 bridgehead atoms. The molecule has 0 radical (unpaired) electrons. The second kappa shape index (κ2) is 8.32. The molecule has 32 heavy (non-hydrogen) atoms. The van der Waals surface area contributed by atoms with Crippen molar-refractivity contribution >= 4 is 38.4 Å². The molecule has 5 rings (SSSR count). The first kappa shape index (κ1) is 20.0. The Morgan fingerprint density at radius 2 is 1.81 bits per heavy atom. The predicted octanol–water partition coefficient (Wildman–Crippen LogP) is 4.83. The first-order valence-electron chi connectivity index (χ1n) is 9.92. The molecule has 3 heterocycles. The van der Waals surface area contributed by atoms with Crippen LogP contribution in [0.2, 0.25) is 0 Å². The standard InChI is InChI=1S/C24H19N3O4S/c1-29-18-12-13-19(30-2)21-20(18)26-24(32-21)27-22(15-7-4-3-5-8-15)25-17(23(27)28)11-10-16-9-6-14-31-16/h3-9,11-14H,10H2,1-2H3/b17-11-. The van der Waals surface area contributed by atoms with Gasteiger partial charge < -0.3 is 13.9 Å². The van der Waals surface area contributed by atoms with Crippen LogP contribution in [-0.4, -0.2) is 30.9 Å². The van der Waals surface area contributed by atoms with Gasteiger partial charge in [0, 0.05) is 12.0 Å². The van der Waals surface area contributed by atoms with Gasteiger partial charge in [-0.05, 0) is 30.3 Å². The number of allylic oxidation sites excluding steroid dienone is 1. The van der Waals surface area contributed by atoms with Crippen LogP contribution >= 0.6 is 11.3 Å². The van der Waals surface area contributed by atoms with Crippen LogP contribution in [0.15, 0.2) is 82.0 Å². The summed E-state index contributed by atoms with van der Waals surface area (Å²) in [6.07, 6.45) is 3.85. The molecule has 0 aliphatic carbocycles. The highest BCUT2D eigenvalue weighted by atomic mass is 32.1. The molecule has 0 saturated heterocycles. The van der Waals surface area contributed by atoms with Crippen molar-refractivity contribution in [2.45, 2.75) is 6.42 Å². The van der Waals surface area contributed by atoms with Crippen LogP contribution in [0, 0.1) is 0 Å². The van der Waals surface area contributed by atoms with Gasteiger partial charge in [-0.2, -0.15) is 0 Å². The van der Waals surface area contributed by atoms with Gasteiger partial charge >= 0.3 is 0 Å². The molecule has 1 aliphatic heterocycles. The molecule has 160 valence electrons. The summed E-state index contributed by atoms with van der Waals surface area (Å²) in [5, 5.41) is 0.497. The molecule has 2 aromatic heterocycles. The van der Waals surface area contributed by atoms with Crippen molar-refractivity contribution in [3.63, 3.8) is 0 Å². The fourth-order valence-electron chi connectivity index (χ4n) is 3.51. The molecule has 0 N–H and O–H groups in total. The van der Waals surface area contributed by atoms with Crippen molar-refractivity contribution in [3.8, 4) is 11.5 Å². The Kier molecular flexibility index (Phi) is 5.20. The number of nitrogens with zero attached hydrogens (tertiary/aromatic N) is 3. The van der Waals surface area contributed by atoms with Crippen LogP contribution in [0.4, 0.5) is 5.13 Å². The summed E-state index contributed by atoms with van der Waals surface area (Å²) in [4.78, 5) is 24.4. The molecule has 0 spiro atoms. The van der Waals surface area contributed by atoms with Crippen LogP contribution in [0.25, 0.3) is 10.2 Å². The number of hydrogen-bond donors (Lipinski definition) is 0. The summed E-state index contributed by atoms with van der Waals surface area (Å²) in [6, 6.07) is 16.9. The van der Waals surface area contributed by atoms with E-state index in [0.29, 0.717) is 40.1 Å². The zero-order valence-corrected chi connectivity index (χ0v) is 18.3. The zero-order chi connectivity index (χ0) is 22.1. The van der Waals surface area contributed by atoms with Crippen molar-refractivity contribution in [1.29, 1.82) is 0 Å². The van der Waals surface area contributed by atoms with Crippen LogP contribution < -0.4 is 14.4 Å². The number of ether oxygens (including phenoxy) is 2. The van der Waals surface area contributed by atoms with Gasteiger partial charge in [-0.15, -0.1) is 0 Å². The maximum atomic E-state index is 13.5. The van der Waals surface area contributed by atoms with Gasteiger partial charge in [-0.25, -0.2) is 14.9 Å². The Morgan fingerprint density at radius 3 is 2.53 bits per heavy atom. The van der Waals surface area contributed by atoms with E-state index in [4.69, 9.17) is 18.9 Å². The Bertz CT molecular complexity index is 1300. The number of methoxy groups -OCH3 is 2. The molecule has 4 aromatic rings.